The van der Waals surface area contributed by atoms with Crippen LogP contribution in [0.2, 0.25) is 0 Å². The van der Waals surface area contributed by atoms with Gasteiger partial charge in [-0.25, -0.2) is 0 Å². The van der Waals surface area contributed by atoms with Crippen LogP contribution in [-0.2, 0) is 11.3 Å². The molecule has 1 aromatic heterocycles. The summed E-state index contributed by atoms with van der Waals surface area (Å²) in [5, 5.41) is 0. The van der Waals surface area contributed by atoms with Crippen molar-refractivity contribution in [1.82, 2.24) is 4.98 Å². The third-order valence-electron chi connectivity index (χ3n) is 2.94. The molecule has 15 heavy (non-hydrogen) atoms. The van der Waals surface area contributed by atoms with Gasteiger partial charge in [-0.1, -0.05) is 6.07 Å². The average Bonchev–Trinajstić information content (AvgIpc) is 2.30. The monoisotopic (exact) mass is 206 g/mol. The van der Waals surface area contributed by atoms with E-state index in [0.717, 1.165) is 31.0 Å². The van der Waals surface area contributed by atoms with Gasteiger partial charge >= 0.3 is 0 Å². The van der Waals surface area contributed by atoms with E-state index in [-0.39, 0.29) is 0 Å². The molecule has 0 spiro atoms. The minimum Gasteiger partial charge on any atom is -0.381 e. The lowest BCUT2D eigenvalue weighted by molar-refractivity contribution is 0.0801. The van der Waals surface area contributed by atoms with Gasteiger partial charge in [0.2, 0.25) is 0 Å². The molecule has 2 heterocycles. The fourth-order valence-corrected chi connectivity index (χ4v) is 2.14. The quantitative estimate of drug-likeness (QED) is 0.801. The van der Waals surface area contributed by atoms with Gasteiger partial charge in [-0.05, 0) is 31.4 Å². The van der Waals surface area contributed by atoms with Crippen molar-refractivity contribution in [3.05, 3.63) is 29.1 Å². The molecule has 0 aliphatic carbocycles. The number of hydrogen-bond acceptors (Lipinski definition) is 3. The Morgan fingerprint density at radius 2 is 2.40 bits per heavy atom. The van der Waals surface area contributed by atoms with E-state index >= 15 is 0 Å². The second-order valence-corrected chi connectivity index (χ2v) is 4.11. The summed E-state index contributed by atoms with van der Waals surface area (Å²) in [5.74, 6) is 0.491. The van der Waals surface area contributed by atoms with Gasteiger partial charge in [0.05, 0.1) is 12.3 Å². The van der Waals surface area contributed by atoms with Crippen molar-refractivity contribution in [3.63, 3.8) is 0 Å². The highest BCUT2D eigenvalue weighted by molar-refractivity contribution is 5.27. The lowest BCUT2D eigenvalue weighted by atomic mass is 9.92. The third-order valence-corrected chi connectivity index (χ3v) is 2.94. The van der Waals surface area contributed by atoms with Crippen LogP contribution in [0, 0.1) is 6.92 Å². The molecule has 0 amide bonds. The predicted octanol–water partition coefficient (Wildman–Crippen LogP) is 1.74. The normalized spacial score (nSPS) is 21.6. The van der Waals surface area contributed by atoms with E-state index in [1.807, 2.05) is 6.92 Å². The highest BCUT2D eigenvalue weighted by Gasteiger charge is 2.19. The van der Waals surface area contributed by atoms with Crippen LogP contribution >= 0.6 is 0 Å². The van der Waals surface area contributed by atoms with E-state index in [2.05, 4.69) is 17.1 Å². The summed E-state index contributed by atoms with van der Waals surface area (Å²) in [5.41, 5.74) is 9.07. The largest absolute Gasteiger partial charge is 0.381 e. The van der Waals surface area contributed by atoms with E-state index in [0.29, 0.717) is 12.5 Å². The van der Waals surface area contributed by atoms with Gasteiger partial charge in [0, 0.05) is 24.8 Å². The number of ether oxygens (including phenoxy) is 1. The van der Waals surface area contributed by atoms with E-state index in [9.17, 15) is 0 Å². The number of nitrogens with two attached hydrogens (primary N) is 1. The molecule has 0 bridgehead atoms. The van der Waals surface area contributed by atoms with Crippen LogP contribution in [0.4, 0.5) is 0 Å². The number of hydrogen-bond donors (Lipinski definition) is 1. The summed E-state index contributed by atoms with van der Waals surface area (Å²) >= 11 is 0. The van der Waals surface area contributed by atoms with Gasteiger partial charge in [0.25, 0.3) is 0 Å². The molecule has 0 unspecified atom stereocenters. The van der Waals surface area contributed by atoms with Gasteiger partial charge in [0.1, 0.15) is 0 Å². The average molecular weight is 206 g/mol. The minimum atomic E-state index is 0.491. The Balaban J connectivity index is 2.25. The lowest BCUT2D eigenvalue weighted by Crippen LogP contribution is -2.18. The first-order valence-electron chi connectivity index (χ1n) is 5.55. The Morgan fingerprint density at radius 3 is 3.07 bits per heavy atom. The molecule has 1 atom stereocenters. The first-order valence-corrected chi connectivity index (χ1v) is 5.55. The fraction of sp³-hybridized carbons (Fsp3) is 0.583. The molecule has 0 aromatic carbocycles. The molecule has 1 aliphatic heterocycles. The van der Waals surface area contributed by atoms with E-state index in [1.165, 1.54) is 12.0 Å². The van der Waals surface area contributed by atoms with Crippen LogP contribution in [0.15, 0.2) is 12.1 Å². The maximum atomic E-state index is 5.72. The summed E-state index contributed by atoms with van der Waals surface area (Å²) < 4.78 is 5.50. The van der Waals surface area contributed by atoms with Crippen molar-refractivity contribution < 1.29 is 4.74 Å². The number of rotatable bonds is 2. The van der Waals surface area contributed by atoms with Crippen LogP contribution in [0.25, 0.3) is 0 Å². The van der Waals surface area contributed by atoms with Gasteiger partial charge in [0.15, 0.2) is 0 Å². The zero-order valence-electron chi connectivity index (χ0n) is 9.20. The molecule has 0 radical (unpaired) electrons. The molecule has 3 nitrogen and oxygen atoms in total. The zero-order valence-corrected chi connectivity index (χ0v) is 9.20. The summed E-state index contributed by atoms with van der Waals surface area (Å²) in [6, 6.07) is 4.22. The van der Waals surface area contributed by atoms with Crippen molar-refractivity contribution in [2.24, 2.45) is 5.73 Å². The maximum Gasteiger partial charge on any atom is 0.0578 e. The summed E-state index contributed by atoms with van der Waals surface area (Å²) in [4.78, 5) is 4.49. The van der Waals surface area contributed by atoms with Crippen molar-refractivity contribution in [2.45, 2.75) is 32.2 Å². The lowest BCUT2D eigenvalue weighted by Gasteiger charge is -2.24. The van der Waals surface area contributed by atoms with Gasteiger partial charge in [-0.15, -0.1) is 0 Å². The molecule has 2 rings (SSSR count). The Bertz CT molecular complexity index is 332. The van der Waals surface area contributed by atoms with Crippen molar-refractivity contribution in [2.75, 3.05) is 13.2 Å². The Kier molecular flexibility index (Phi) is 3.34. The molecule has 1 aromatic rings. The summed E-state index contributed by atoms with van der Waals surface area (Å²) in [7, 11) is 0. The van der Waals surface area contributed by atoms with Crippen molar-refractivity contribution in [1.29, 1.82) is 0 Å². The van der Waals surface area contributed by atoms with E-state index in [4.69, 9.17) is 10.5 Å². The number of pyridine rings is 1. The Labute approximate surface area is 90.7 Å². The number of aryl methyl sites for hydroxylation is 1. The summed E-state index contributed by atoms with van der Waals surface area (Å²) in [6.45, 7) is 4.24. The highest BCUT2D eigenvalue weighted by Crippen LogP contribution is 2.27. The minimum absolute atomic E-state index is 0.491. The van der Waals surface area contributed by atoms with Gasteiger partial charge in [-0.2, -0.15) is 0 Å². The molecular formula is C12H18N2O. The van der Waals surface area contributed by atoms with Crippen LogP contribution < -0.4 is 5.73 Å². The smallest absolute Gasteiger partial charge is 0.0578 e. The van der Waals surface area contributed by atoms with E-state index in [1.54, 1.807) is 0 Å². The second-order valence-electron chi connectivity index (χ2n) is 4.11. The zero-order chi connectivity index (χ0) is 10.7. The van der Waals surface area contributed by atoms with Gasteiger partial charge in [-0.3, -0.25) is 4.98 Å². The number of nitrogens with zero attached hydrogens (tertiary/aromatic N) is 1. The molecule has 1 fully saturated rings. The predicted molar refractivity (Wildman–Crippen MR) is 59.7 cm³/mol. The van der Waals surface area contributed by atoms with E-state index < -0.39 is 0 Å². The molecular weight excluding hydrogens is 188 g/mol. The van der Waals surface area contributed by atoms with Crippen LogP contribution in [0.3, 0.4) is 0 Å². The standard InChI is InChI=1S/C12H18N2O/c1-9-4-5-11(12(7-13)14-9)10-3-2-6-15-8-10/h4-5,10H,2-3,6-8,13H2,1H3/t10-/m0/s1. The summed E-state index contributed by atoms with van der Waals surface area (Å²) in [6.07, 6.45) is 2.33. The Morgan fingerprint density at radius 1 is 1.53 bits per heavy atom. The fourth-order valence-electron chi connectivity index (χ4n) is 2.14. The molecule has 1 saturated heterocycles. The highest BCUT2D eigenvalue weighted by atomic mass is 16.5. The van der Waals surface area contributed by atoms with Crippen LogP contribution in [0.1, 0.15) is 35.7 Å². The van der Waals surface area contributed by atoms with Gasteiger partial charge < -0.3 is 10.5 Å². The molecule has 0 saturated carbocycles. The van der Waals surface area contributed by atoms with Crippen molar-refractivity contribution in [3.8, 4) is 0 Å². The van der Waals surface area contributed by atoms with Crippen molar-refractivity contribution >= 4 is 0 Å². The Hall–Kier alpha value is -0.930. The second kappa shape index (κ2) is 4.73. The molecule has 2 N–H and O–H groups in total. The first-order chi connectivity index (χ1) is 7.31. The van der Waals surface area contributed by atoms with Crippen LogP contribution in [0.5, 0.6) is 0 Å². The van der Waals surface area contributed by atoms with Crippen LogP contribution in [-0.4, -0.2) is 18.2 Å². The molecule has 3 heteroatoms. The molecule has 1 aliphatic rings. The topological polar surface area (TPSA) is 48.1 Å². The first kappa shape index (κ1) is 10.6. The maximum absolute atomic E-state index is 5.72. The SMILES string of the molecule is Cc1ccc([C@H]2CCCOC2)c(CN)n1. The third kappa shape index (κ3) is 2.36. The number of aromatic nitrogens is 1. The molecule has 82 valence electrons.